The van der Waals surface area contributed by atoms with Crippen LogP contribution in [0.2, 0.25) is 5.02 Å². The van der Waals surface area contributed by atoms with E-state index in [1.54, 1.807) is 6.07 Å². The Kier molecular flexibility index (Phi) is 5.05. The maximum atomic E-state index is 11.0. The molecule has 1 unspecified atom stereocenters. The highest BCUT2D eigenvalue weighted by molar-refractivity contribution is 6.31. The molecule has 4 rings (SSSR count). The molecule has 0 N–H and O–H groups in total. The standard InChI is InChI=1S/C21H20ClN3O2/c22-19-13-17(25(26)27)9-10-18(19)20-8-1-2-12-24(20)14-16-6-3-5-15-7-4-11-23-21(15)16/h3-7,9-11,13,20H,1-2,8,12,14H2. The molecule has 0 saturated carbocycles. The maximum Gasteiger partial charge on any atom is 0.270 e. The van der Waals surface area contributed by atoms with Gasteiger partial charge in [0.25, 0.3) is 5.69 Å². The number of benzene rings is 2. The zero-order chi connectivity index (χ0) is 18.8. The van der Waals surface area contributed by atoms with Gasteiger partial charge in [-0.05, 0) is 42.6 Å². The van der Waals surface area contributed by atoms with Crippen LogP contribution in [-0.2, 0) is 6.54 Å². The fourth-order valence-corrected chi connectivity index (χ4v) is 4.25. The van der Waals surface area contributed by atoms with Gasteiger partial charge in [0, 0.05) is 36.3 Å². The first-order chi connectivity index (χ1) is 13.1. The van der Waals surface area contributed by atoms with Gasteiger partial charge in [-0.25, -0.2) is 0 Å². The molecule has 1 fully saturated rings. The van der Waals surface area contributed by atoms with Gasteiger partial charge in [-0.1, -0.05) is 42.3 Å². The molecule has 0 bridgehead atoms. The molecule has 27 heavy (non-hydrogen) atoms. The van der Waals surface area contributed by atoms with E-state index in [2.05, 4.69) is 34.1 Å². The number of nitro benzene ring substituents is 1. The van der Waals surface area contributed by atoms with E-state index in [-0.39, 0.29) is 11.7 Å². The van der Waals surface area contributed by atoms with Crippen LogP contribution in [-0.4, -0.2) is 21.4 Å². The Hall–Kier alpha value is -2.50. The highest BCUT2D eigenvalue weighted by atomic mass is 35.5. The molecule has 1 aromatic heterocycles. The van der Waals surface area contributed by atoms with Crippen molar-refractivity contribution in [2.24, 2.45) is 0 Å². The normalized spacial score (nSPS) is 17.9. The van der Waals surface area contributed by atoms with Gasteiger partial charge >= 0.3 is 0 Å². The van der Waals surface area contributed by atoms with Crippen molar-refractivity contribution in [1.29, 1.82) is 0 Å². The van der Waals surface area contributed by atoms with Crippen LogP contribution in [0.1, 0.15) is 36.4 Å². The number of fused-ring (bicyclic) bond motifs is 1. The number of likely N-dealkylation sites (tertiary alicyclic amines) is 1. The summed E-state index contributed by atoms with van der Waals surface area (Å²) in [6.45, 7) is 1.76. The third kappa shape index (κ3) is 3.66. The first-order valence-corrected chi connectivity index (χ1v) is 9.52. The first kappa shape index (κ1) is 17.9. The molecule has 0 amide bonds. The second-order valence-electron chi connectivity index (χ2n) is 6.94. The predicted octanol–water partition coefficient (Wildman–Crippen LogP) is 5.52. The number of nitro groups is 1. The van der Waals surface area contributed by atoms with Crippen LogP contribution in [0, 0.1) is 10.1 Å². The second kappa shape index (κ2) is 7.62. The van der Waals surface area contributed by atoms with E-state index in [0.717, 1.165) is 48.8 Å². The molecule has 0 radical (unpaired) electrons. The average Bonchev–Trinajstić information content (AvgIpc) is 2.69. The third-order valence-corrected chi connectivity index (χ3v) is 5.58. The monoisotopic (exact) mass is 381 g/mol. The summed E-state index contributed by atoms with van der Waals surface area (Å²) in [4.78, 5) is 17.6. The minimum Gasteiger partial charge on any atom is -0.292 e. The minimum absolute atomic E-state index is 0.0318. The van der Waals surface area contributed by atoms with Crippen molar-refractivity contribution >= 4 is 28.2 Å². The Morgan fingerprint density at radius 2 is 2.04 bits per heavy atom. The molecule has 5 nitrogen and oxygen atoms in total. The third-order valence-electron chi connectivity index (χ3n) is 5.26. The van der Waals surface area contributed by atoms with Crippen molar-refractivity contribution in [3.05, 3.63) is 81.0 Å². The summed E-state index contributed by atoms with van der Waals surface area (Å²) in [5.74, 6) is 0. The van der Waals surface area contributed by atoms with Gasteiger partial charge in [0.05, 0.1) is 15.5 Å². The van der Waals surface area contributed by atoms with E-state index < -0.39 is 4.92 Å². The van der Waals surface area contributed by atoms with Crippen LogP contribution < -0.4 is 0 Å². The van der Waals surface area contributed by atoms with Crippen molar-refractivity contribution in [2.45, 2.75) is 31.8 Å². The molecule has 6 heteroatoms. The molecular weight excluding hydrogens is 362 g/mol. The van der Waals surface area contributed by atoms with Crippen molar-refractivity contribution in [2.75, 3.05) is 6.54 Å². The van der Waals surface area contributed by atoms with Gasteiger partial charge in [-0.2, -0.15) is 0 Å². The Morgan fingerprint density at radius 1 is 1.19 bits per heavy atom. The number of aromatic nitrogens is 1. The number of hydrogen-bond acceptors (Lipinski definition) is 4. The molecule has 0 aliphatic carbocycles. The number of non-ortho nitro benzene ring substituents is 1. The SMILES string of the molecule is O=[N+]([O-])c1ccc(C2CCCCN2Cc2cccc3cccnc23)c(Cl)c1. The number of hydrogen-bond donors (Lipinski definition) is 0. The van der Waals surface area contributed by atoms with Crippen LogP contribution in [0.3, 0.4) is 0 Å². The van der Waals surface area contributed by atoms with Gasteiger partial charge in [-0.3, -0.25) is 20.0 Å². The average molecular weight is 382 g/mol. The van der Waals surface area contributed by atoms with E-state index in [9.17, 15) is 10.1 Å². The predicted molar refractivity (Wildman–Crippen MR) is 107 cm³/mol. The van der Waals surface area contributed by atoms with Crippen LogP contribution in [0.15, 0.2) is 54.7 Å². The van der Waals surface area contributed by atoms with E-state index in [0.29, 0.717) is 5.02 Å². The van der Waals surface area contributed by atoms with Crippen molar-refractivity contribution in [3.63, 3.8) is 0 Å². The number of piperidine rings is 1. The fraction of sp³-hybridized carbons (Fsp3) is 0.286. The summed E-state index contributed by atoms with van der Waals surface area (Å²) >= 11 is 6.43. The zero-order valence-corrected chi connectivity index (χ0v) is 15.6. The molecule has 138 valence electrons. The lowest BCUT2D eigenvalue weighted by Gasteiger charge is -2.36. The van der Waals surface area contributed by atoms with E-state index >= 15 is 0 Å². The first-order valence-electron chi connectivity index (χ1n) is 9.14. The van der Waals surface area contributed by atoms with Crippen LogP contribution in [0.5, 0.6) is 0 Å². The zero-order valence-electron chi connectivity index (χ0n) is 14.8. The summed E-state index contributed by atoms with van der Waals surface area (Å²) in [6.07, 6.45) is 5.09. The molecule has 0 spiro atoms. The second-order valence-corrected chi connectivity index (χ2v) is 7.34. The summed E-state index contributed by atoms with van der Waals surface area (Å²) in [6, 6.07) is 15.3. The largest absolute Gasteiger partial charge is 0.292 e. The topological polar surface area (TPSA) is 59.3 Å². The molecular formula is C21H20ClN3O2. The van der Waals surface area contributed by atoms with E-state index in [1.165, 1.54) is 11.6 Å². The van der Waals surface area contributed by atoms with E-state index in [1.807, 2.05) is 18.3 Å². The van der Waals surface area contributed by atoms with Gasteiger partial charge in [0.15, 0.2) is 0 Å². The van der Waals surface area contributed by atoms with Crippen LogP contribution in [0.4, 0.5) is 5.69 Å². The van der Waals surface area contributed by atoms with Crippen molar-refractivity contribution in [3.8, 4) is 0 Å². The molecule has 2 heterocycles. The lowest BCUT2D eigenvalue weighted by Crippen LogP contribution is -2.33. The molecule has 1 atom stereocenters. The summed E-state index contributed by atoms with van der Waals surface area (Å²) in [5, 5.41) is 12.6. The Morgan fingerprint density at radius 3 is 2.85 bits per heavy atom. The molecule has 3 aromatic rings. The van der Waals surface area contributed by atoms with Crippen molar-refractivity contribution in [1.82, 2.24) is 9.88 Å². The molecule has 1 aliphatic rings. The van der Waals surface area contributed by atoms with E-state index in [4.69, 9.17) is 11.6 Å². The van der Waals surface area contributed by atoms with Gasteiger partial charge in [0.2, 0.25) is 0 Å². The smallest absolute Gasteiger partial charge is 0.270 e. The lowest BCUT2D eigenvalue weighted by atomic mass is 9.94. The molecule has 1 saturated heterocycles. The maximum absolute atomic E-state index is 11.0. The minimum atomic E-state index is -0.407. The number of pyridine rings is 1. The highest BCUT2D eigenvalue weighted by Crippen LogP contribution is 2.37. The number of para-hydroxylation sites is 1. The number of rotatable bonds is 4. The van der Waals surface area contributed by atoms with Crippen LogP contribution in [0.25, 0.3) is 10.9 Å². The Labute approximate surface area is 162 Å². The number of nitrogens with zero attached hydrogens (tertiary/aromatic N) is 3. The summed E-state index contributed by atoms with van der Waals surface area (Å²) < 4.78 is 0. The Balaban J connectivity index is 1.66. The van der Waals surface area contributed by atoms with Crippen LogP contribution >= 0.6 is 11.6 Å². The number of halogens is 1. The lowest BCUT2D eigenvalue weighted by molar-refractivity contribution is -0.384. The Bertz CT molecular complexity index is 987. The molecule has 2 aromatic carbocycles. The quantitative estimate of drug-likeness (QED) is 0.440. The molecule has 1 aliphatic heterocycles. The van der Waals surface area contributed by atoms with Gasteiger partial charge < -0.3 is 0 Å². The van der Waals surface area contributed by atoms with Gasteiger partial charge in [0.1, 0.15) is 0 Å². The fourth-order valence-electron chi connectivity index (χ4n) is 3.95. The summed E-state index contributed by atoms with van der Waals surface area (Å²) in [7, 11) is 0. The summed E-state index contributed by atoms with van der Waals surface area (Å²) in [5.41, 5.74) is 3.22. The van der Waals surface area contributed by atoms with Crippen molar-refractivity contribution < 1.29 is 4.92 Å². The highest BCUT2D eigenvalue weighted by Gasteiger charge is 2.27. The van der Waals surface area contributed by atoms with Gasteiger partial charge in [-0.15, -0.1) is 0 Å².